The Morgan fingerprint density at radius 1 is 1.00 bits per heavy atom. The Balaban J connectivity index is 2.18. The first kappa shape index (κ1) is 16.0. The summed E-state index contributed by atoms with van der Waals surface area (Å²) in [6.45, 7) is 6.22. The van der Waals surface area contributed by atoms with Gasteiger partial charge in [0.05, 0.1) is 0 Å². The van der Waals surface area contributed by atoms with Crippen LogP contribution < -0.4 is 16.6 Å². The number of hydrogen-bond acceptors (Lipinski definition) is 5. The molecule has 0 aliphatic heterocycles. The molecule has 21 heavy (non-hydrogen) atoms. The number of aromatic nitrogens is 2. The number of rotatable bonds is 4. The SMILES string of the molecule is Cc1c(NN)nc(C(C)C)nc1NC1CCCCCCC1. The van der Waals surface area contributed by atoms with Crippen LogP contribution in [0.25, 0.3) is 0 Å². The van der Waals surface area contributed by atoms with Gasteiger partial charge in [-0.25, -0.2) is 15.8 Å². The molecule has 1 fully saturated rings. The fourth-order valence-electron chi connectivity index (χ4n) is 2.87. The van der Waals surface area contributed by atoms with Crippen LogP contribution in [0.1, 0.15) is 76.1 Å². The number of nitrogens with two attached hydrogens (primary N) is 1. The maximum Gasteiger partial charge on any atom is 0.148 e. The predicted octanol–water partition coefficient (Wildman–Crippen LogP) is 3.72. The minimum Gasteiger partial charge on any atom is -0.367 e. The molecule has 0 unspecified atom stereocenters. The van der Waals surface area contributed by atoms with Crippen LogP contribution in [-0.4, -0.2) is 16.0 Å². The number of nitrogens with one attached hydrogen (secondary N) is 2. The van der Waals surface area contributed by atoms with Crippen molar-refractivity contribution >= 4 is 11.6 Å². The maximum absolute atomic E-state index is 5.60. The molecule has 1 saturated carbocycles. The molecule has 0 spiro atoms. The molecule has 0 amide bonds. The Morgan fingerprint density at radius 3 is 2.14 bits per heavy atom. The topological polar surface area (TPSA) is 75.9 Å². The summed E-state index contributed by atoms with van der Waals surface area (Å²) < 4.78 is 0. The highest BCUT2D eigenvalue weighted by Crippen LogP contribution is 2.26. The van der Waals surface area contributed by atoms with Crippen LogP contribution in [0, 0.1) is 6.92 Å². The minimum absolute atomic E-state index is 0.288. The summed E-state index contributed by atoms with van der Waals surface area (Å²) in [6, 6.07) is 0.518. The minimum atomic E-state index is 0.288. The van der Waals surface area contributed by atoms with Crippen LogP contribution in [0.15, 0.2) is 0 Å². The number of nitrogen functional groups attached to an aromatic ring is 1. The van der Waals surface area contributed by atoms with Gasteiger partial charge in [-0.05, 0) is 19.8 Å². The first-order chi connectivity index (χ1) is 10.1. The second-order valence-electron chi connectivity index (χ2n) is 6.39. The molecule has 0 atom stereocenters. The van der Waals surface area contributed by atoms with Gasteiger partial charge in [0.1, 0.15) is 17.5 Å². The molecule has 5 nitrogen and oxygen atoms in total. The van der Waals surface area contributed by atoms with Gasteiger partial charge in [-0.3, -0.25) is 0 Å². The normalized spacial score (nSPS) is 17.4. The highest BCUT2D eigenvalue weighted by atomic mass is 15.3. The number of hydrazine groups is 1. The maximum atomic E-state index is 5.60. The third-order valence-electron chi connectivity index (χ3n) is 4.26. The molecule has 1 aliphatic rings. The summed E-state index contributed by atoms with van der Waals surface area (Å²) in [5, 5.41) is 3.64. The van der Waals surface area contributed by atoms with E-state index in [1.807, 2.05) is 6.92 Å². The summed E-state index contributed by atoms with van der Waals surface area (Å²) in [5.74, 6) is 8.38. The third kappa shape index (κ3) is 4.30. The fourth-order valence-corrected chi connectivity index (χ4v) is 2.87. The summed E-state index contributed by atoms with van der Waals surface area (Å²) in [5.41, 5.74) is 3.70. The summed E-state index contributed by atoms with van der Waals surface area (Å²) in [6.07, 6.45) is 9.17. The molecule has 1 aromatic rings. The van der Waals surface area contributed by atoms with Gasteiger partial charge in [-0.1, -0.05) is 46.0 Å². The van der Waals surface area contributed by atoms with Crippen molar-refractivity contribution < 1.29 is 0 Å². The van der Waals surface area contributed by atoms with E-state index in [-0.39, 0.29) is 5.92 Å². The molecule has 2 rings (SSSR count). The van der Waals surface area contributed by atoms with Gasteiger partial charge in [-0.15, -0.1) is 0 Å². The van der Waals surface area contributed by atoms with Crippen molar-refractivity contribution in [3.05, 3.63) is 11.4 Å². The standard InChI is InChI=1S/C16H29N5/c1-11(2)14-19-15(12(3)16(20-14)21-17)18-13-9-7-5-4-6-8-10-13/h11,13H,4-10,17H2,1-3H3,(H2,18,19,20,21). The molecule has 0 aromatic carbocycles. The molecule has 1 aromatic heterocycles. The Morgan fingerprint density at radius 2 is 1.57 bits per heavy atom. The van der Waals surface area contributed by atoms with Crippen molar-refractivity contribution in [3.8, 4) is 0 Å². The molecular weight excluding hydrogens is 262 g/mol. The summed E-state index contributed by atoms with van der Waals surface area (Å²) in [4.78, 5) is 9.20. The zero-order chi connectivity index (χ0) is 15.2. The van der Waals surface area contributed by atoms with Crippen molar-refractivity contribution in [1.29, 1.82) is 0 Å². The Bertz CT molecular complexity index is 450. The Hall–Kier alpha value is -1.36. The smallest absolute Gasteiger partial charge is 0.148 e. The molecule has 0 radical (unpaired) electrons. The van der Waals surface area contributed by atoms with Crippen LogP contribution >= 0.6 is 0 Å². The van der Waals surface area contributed by atoms with Crippen LogP contribution in [0.2, 0.25) is 0 Å². The van der Waals surface area contributed by atoms with Crippen LogP contribution in [-0.2, 0) is 0 Å². The lowest BCUT2D eigenvalue weighted by molar-refractivity contribution is 0.470. The predicted molar refractivity (Wildman–Crippen MR) is 88.4 cm³/mol. The molecule has 1 heterocycles. The van der Waals surface area contributed by atoms with Gasteiger partial charge >= 0.3 is 0 Å². The van der Waals surface area contributed by atoms with Crippen LogP contribution in [0.4, 0.5) is 11.6 Å². The third-order valence-corrected chi connectivity index (χ3v) is 4.26. The largest absolute Gasteiger partial charge is 0.367 e. The van der Waals surface area contributed by atoms with E-state index in [0.29, 0.717) is 6.04 Å². The second kappa shape index (κ2) is 7.59. The number of hydrogen-bond donors (Lipinski definition) is 3. The average Bonchev–Trinajstić information content (AvgIpc) is 2.43. The Kier molecular flexibility index (Phi) is 5.79. The van der Waals surface area contributed by atoms with Crippen molar-refractivity contribution in [1.82, 2.24) is 9.97 Å². The highest BCUT2D eigenvalue weighted by molar-refractivity contribution is 5.57. The van der Waals surface area contributed by atoms with E-state index >= 15 is 0 Å². The van der Waals surface area contributed by atoms with Crippen LogP contribution in [0.5, 0.6) is 0 Å². The van der Waals surface area contributed by atoms with Crippen molar-refractivity contribution in [2.75, 3.05) is 10.7 Å². The van der Waals surface area contributed by atoms with Gasteiger partial charge in [0.25, 0.3) is 0 Å². The summed E-state index contributed by atoms with van der Waals surface area (Å²) >= 11 is 0. The lowest BCUT2D eigenvalue weighted by atomic mass is 9.96. The highest BCUT2D eigenvalue weighted by Gasteiger charge is 2.17. The van der Waals surface area contributed by atoms with E-state index in [1.54, 1.807) is 0 Å². The lowest BCUT2D eigenvalue weighted by Crippen LogP contribution is -2.23. The zero-order valence-corrected chi connectivity index (χ0v) is 13.6. The molecule has 1 aliphatic carbocycles. The summed E-state index contributed by atoms with van der Waals surface area (Å²) in [7, 11) is 0. The van der Waals surface area contributed by atoms with Gasteiger partial charge in [0, 0.05) is 17.5 Å². The van der Waals surface area contributed by atoms with E-state index < -0.39 is 0 Å². The van der Waals surface area contributed by atoms with Gasteiger partial charge in [-0.2, -0.15) is 0 Å². The van der Waals surface area contributed by atoms with E-state index in [9.17, 15) is 0 Å². The van der Waals surface area contributed by atoms with Crippen molar-refractivity contribution in [3.63, 3.8) is 0 Å². The zero-order valence-electron chi connectivity index (χ0n) is 13.6. The Labute approximate surface area is 128 Å². The van der Waals surface area contributed by atoms with Crippen molar-refractivity contribution in [2.45, 2.75) is 77.7 Å². The molecule has 5 heteroatoms. The molecule has 118 valence electrons. The monoisotopic (exact) mass is 291 g/mol. The molecule has 0 saturated heterocycles. The first-order valence-electron chi connectivity index (χ1n) is 8.23. The van der Waals surface area contributed by atoms with Crippen LogP contribution in [0.3, 0.4) is 0 Å². The van der Waals surface area contributed by atoms with Crippen molar-refractivity contribution in [2.24, 2.45) is 5.84 Å². The molecular formula is C16H29N5. The van der Waals surface area contributed by atoms with Gasteiger partial charge in [0.2, 0.25) is 0 Å². The van der Waals surface area contributed by atoms with E-state index in [0.717, 1.165) is 23.0 Å². The number of anilines is 2. The second-order valence-corrected chi connectivity index (χ2v) is 6.39. The van der Waals surface area contributed by atoms with E-state index in [1.165, 1.54) is 44.9 Å². The van der Waals surface area contributed by atoms with Gasteiger partial charge < -0.3 is 10.7 Å². The first-order valence-corrected chi connectivity index (χ1v) is 8.23. The van der Waals surface area contributed by atoms with E-state index in [4.69, 9.17) is 10.8 Å². The van der Waals surface area contributed by atoms with Gasteiger partial charge in [0.15, 0.2) is 0 Å². The average molecular weight is 291 g/mol. The molecule has 4 N–H and O–H groups in total. The van der Waals surface area contributed by atoms with E-state index in [2.05, 4.69) is 29.6 Å². The fraction of sp³-hybridized carbons (Fsp3) is 0.750. The lowest BCUT2D eigenvalue weighted by Gasteiger charge is -2.23. The number of nitrogens with zero attached hydrogens (tertiary/aromatic N) is 2. The quantitative estimate of drug-likeness (QED) is 0.582. The molecule has 0 bridgehead atoms.